The van der Waals surface area contributed by atoms with Gasteiger partial charge in [0.15, 0.2) is 0 Å². The van der Waals surface area contributed by atoms with Crippen LogP contribution < -0.4 is 10.2 Å². The quantitative estimate of drug-likeness (QED) is 0.897. The van der Waals surface area contributed by atoms with E-state index in [0.29, 0.717) is 0 Å². The number of hydrogen-bond acceptors (Lipinski definition) is 5. The molecule has 0 aliphatic carbocycles. The number of aryl methyl sites for hydroxylation is 1. The van der Waals surface area contributed by atoms with Crippen molar-refractivity contribution < 1.29 is 0 Å². The summed E-state index contributed by atoms with van der Waals surface area (Å²) < 4.78 is 0. The molecule has 0 radical (unpaired) electrons. The molecule has 0 bridgehead atoms. The van der Waals surface area contributed by atoms with Gasteiger partial charge < -0.3 is 10.2 Å². The molecule has 2 rings (SSSR count). The van der Waals surface area contributed by atoms with E-state index in [2.05, 4.69) is 32.6 Å². The van der Waals surface area contributed by atoms with E-state index >= 15 is 0 Å². The molecule has 0 aromatic carbocycles. The highest BCUT2D eigenvalue weighted by Gasteiger charge is 2.09. The van der Waals surface area contributed by atoms with Gasteiger partial charge in [0, 0.05) is 42.6 Å². The molecule has 0 atom stereocenters. The van der Waals surface area contributed by atoms with Crippen molar-refractivity contribution in [1.82, 2.24) is 15.3 Å². The van der Waals surface area contributed by atoms with Gasteiger partial charge in [-0.25, -0.2) is 4.98 Å². The Hall–Kier alpha value is -1.46. The molecule has 1 N–H and O–H groups in total. The van der Waals surface area contributed by atoms with Crippen molar-refractivity contribution in [2.24, 2.45) is 0 Å². The molecule has 18 heavy (non-hydrogen) atoms. The molecule has 2 heterocycles. The normalized spacial score (nSPS) is 10.6. The number of anilines is 1. The van der Waals surface area contributed by atoms with Crippen LogP contribution in [0.5, 0.6) is 0 Å². The first-order valence-electron chi connectivity index (χ1n) is 5.90. The molecule has 2 aromatic rings. The number of thiazole rings is 1. The third-order valence-electron chi connectivity index (χ3n) is 2.72. The fourth-order valence-electron chi connectivity index (χ4n) is 1.93. The number of nitrogens with one attached hydrogen (secondary N) is 1. The lowest BCUT2D eigenvalue weighted by atomic mass is 10.2. The van der Waals surface area contributed by atoms with E-state index in [0.717, 1.165) is 23.8 Å². The Kier molecular flexibility index (Phi) is 4.28. The molecular weight excluding hydrogens is 244 g/mol. The summed E-state index contributed by atoms with van der Waals surface area (Å²) in [7, 11) is 4.03. The van der Waals surface area contributed by atoms with E-state index in [1.807, 2.05) is 32.4 Å². The molecule has 0 spiro atoms. The van der Waals surface area contributed by atoms with E-state index in [1.54, 1.807) is 11.3 Å². The van der Waals surface area contributed by atoms with Gasteiger partial charge in [0.1, 0.15) is 0 Å². The van der Waals surface area contributed by atoms with Crippen LogP contribution in [0, 0.1) is 6.92 Å². The number of rotatable bonds is 5. The number of hydrogen-bond donors (Lipinski definition) is 1. The van der Waals surface area contributed by atoms with Gasteiger partial charge in [0.25, 0.3) is 0 Å². The van der Waals surface area contributed by atoms with Gasteiger partial charge >= 0.3 is 0 Å². The van der Waals surface area contributed by atoms with Crippen molar-refractivity contribution in [3.05, 3.63) is 40.1 Å². The second-order valence-electron chi connectivity index (χ2n) is 4.25. The van der Waals surface area contributed by atoms with Crippen LogP contribution in [0.25, 0.3) is 0 Å². The lowest BCUT2D eigenvalue weighted by molar-refractivity contribution is 0.797. The minimum absolute atomic E-state index is 0.823. The van der Waals surface area contributed by atoms with Crippen LogP contribution in [0.2, 0.25) is 0 Å². The average Bonchev–Trinajstić information content (AvgIpc) is 2.76. The molecule has 5 heteroatoms. The summed E-state index contributed by atoms with van der Waals surface area (Å²) in [6, 6.07) is 2.05. The Bertz CT molecular complexity index is 509. The first kappa shape index (κ1) is 13.0. The number of nitrogens with zero attached hydrogens (tertiary/aromatic N) is 3. The number of pyridine rings is 1. The van der Waals surface area contributed by atoms with Crippen molar-refractivity contribution in [2.45, 2.75) is 20.0 Å². The predicted molar refractivity (Wildman–Crippen MR) is 76.0 cm³/mol. The molecule has 0 saturated carbocycles. The summed E-state index contributed by atoms with van der Waals surface area (Å²) in [4.78, 5) is 10.9. The van der Waals surface area contributed by atoms with E-state index in [4.69, 9.17) is 0 Å². The van der Waals surface area contributed by atoms with Crippen molar-refractivity contribution in [1.29, 1.82) is 0 Å². The highest BCUT2D eigenvalue weighted by atomic mass is 32.1. The summed E-state index contributed by atoms with van der Waals surface area (Å²) in [5.74, 6) is 0. The minimum atomic E-state index is 0.823. The molecule has 0 amide bonds. The van der Waals surface area contributed by atoms with Gasteiger partial charge in [-0.05, 0) is 20.0 Å². The predicted octanol–water partition coefficient (Wildman–Crippen LogP) is 2.20. The Morgan fingerprint density at radius 1 is 1.44 bits per heavy atom. The molecular formula is C13H18N4S. The molecule has 0 unspecified atom stereocenters. The maximum absolute atomic E-state index is 4.50. The minimum Gasteiger partial charge on any atom is -0.368 e. The molecule has 4 nitrogen and oxygen atoms in total. The number of aromatic nitrogens is 2. The highest BCUT2D eigenvalue weighted by molar-refractivity contribution is 7.09. The maximum atomic E-state index is 4.50. The van der Waals surface area contributed by atoms with E-state index in [1.165, 1.54) is 11.3 Å². The van der Waals surface area contributed by atoms with Gasteiger partial charge in [-0.3, -0.25) is 4.98 Å². The van der Waals surface area contributed by atoms with E-state index < -0.39 is 0 Å². The van der Waals surface area contributed by atoms with Gasteiger partial charge in [0.2, 0.25) is 0 Å². The van der Waals surface area contributed by atoms with Crippen LogP contribution in [0.4, 0.5) is 5.69 Å². The van der Waals surface area contributed by atoms with Crippen LogP contribution >= 0.6 is 11.3 Å². The highest BCUT2D eigenvalue weighted by Crippen LogP contribution is 2.20. The lowest BCUT2D eigenvalue weighted by Gasteiger charge is -2.21. The van der Waals surface area contributed by atoms with Gasteiger partial charge in [-0.2, -0.15) is 0 Å². The van der Waals surface area contributed by atoms with E-state index in [9.17, 15) is 0 Å². The fraction of sp³-hybridized carbons (Fsp3) is 0.385. The van der Waals surface area contributed by atoms with Crippen LogP contribution in [0.15, 0.2) is 23.8 Å². The zero-order valence-corrected chi connectivity index (χ0v) is 11.8. The van der Waals surface area contributed by atoms with Crippen molar-refractivity contribution in [3.63, 3.8) is 0 Å². The lowest BCUT2D eigenvalue weighted by Crippen LogP contribution is -2.20. The first-order chi connectivity index (χ1) is 8.70. The Balaban J connectivity index is 2.15. The molecule has 96 valence electrons. The van der Waals surface area contributed by atoms with Gasteiger partial charge in [-0.15, -0.1) is 11.3 Å². The smallest absolute Gasteiger partial charge is 0.0898 e. The van der Waals surface area contributed by atoms with Gasteiger partial charge in [0.05, 0.1) is 17.2 Å². The third-order valence-corrected chi connectivity index (χ3v) is 3.54. The molecule has 2 aromatic heterocycles. The van der Waals surface area contributed by atoms with Crippen molar-refractivity contribution in [2.75, 3.05) is 19.0 Å². The largest absolute Gasteiger partial charge is 0.368 e. The van der Waals surface area contributed by atoms with Crippen LogP contribution in [-0.2, 0) is 13.1 Å². The Morgan fingerprint density at radius 2 is 2.28 bits per heavy atom. The van der Waals surface area contributed by atoms with Crippen molar-refractivity contribution in [3.8, 4) is 0 Å². The van der Waals surface area contributed by atoms with Gasteiger partial charge in [-0.1, -0.05) is 0 Å². The van der Waals surface area contributed by atoms with Crippen LogP contribution in [0.1, 0.15) is 16.3 Å². The SMILES string of the molecule is CNCc1cnccc1N(C)Cc1csc(C)n1. The molecule has 0 saturated heterocycles. The van der Waals surface area contributed by atoms with E-state index in [-0.39, 0.29) is 0 Å². The molecule has 0 fully saturated rings. The fourth-order valence-corrected chi connectivity index (χ4v) is 2.53. The summed E-state index contributed by atoms with van der Waals surface area (Å²) in [5.41, 5.74) is 3.52. The Labute approximate surface area is 112 Å². The summed E-state index contributed by atoms with van der Waals surface area (Å²) in [6.07, 6.45) is 3.74. The summed E-state index contributed by atoms with van der Waals surface area (Å²) in [5, 5.41) is 6.40. The summed E-state index contributed by atoms with van der Waals surface area (Å²) in [6.45, 7) is 3.68. The average molecular weight is 262 g/mol. The second-order valence-corrected chi connectivity index (χ2v) is 5.31. The zero-order chi connectivity index (χ0) is 13.0. The molecule has 0 aliphatic heterocycles. The monoisotopic (exact) mass is 262 g/mol. The molecule has 0 aliphatic rings. The first-order valence-corrected chi connectivity index (χ1v) is 6.78. The standard InChI is InChI=1S/C13H18N4S/c1-10-16-12(9-18-10)8-17(3)13-4-5-15-7-11(13)6-14-2/h4-5,7,9,14H,6,8H2,1-3H3. The van der Waals surface area contributed by atoms with Crippen molar-refractivity contribution >= 4 is 17.0 Å². The third kappa shape index (κ3) is 3.05. The maximum Gasteiger partial charge on any atom is 0.0898 e. The summed E-state index contributed by atoms with van der Waals surface area (Å²) >= 11 is 1.69. The Morgan fingerprint density at radius 3 is 2.94 bits per heavy atom. The topological polar surface area (TPSA) is 41.1 Å². The zero-order valence-electron chi connectivity index (χ0n) is 11.0. The second kappa shape index (κ2) is 5.93. The van der Waals surface area contributed by atoms with Crippen LogP contribution in [-0.4, -0.2) is 24.1 Å². The van der Waals surface area contributed by atoms with Crippen LogP contribution in [0.3, 0.4) is 0 Å².